The highest BCUT2D eigenvalue weighted by atomic mass is 16.4. The summed E-state index contributed by atoms with van der Waals surface area (Å²) in [6, 6.07) is 0. The monoisotopic (exact) mass is 188 g/mol. The van der Waals surface area contributed by atoms with Gasteiger partial charge in [-0.1, -0.05) is 0 Å². The number of primary amides is 1. The maximum atomic E-state index is 10.6. The number of carboxylic acids is 1. The molecule has 5 heteroatoms. The van der Waals surface area contributed by atoms with Gasteiger partial charge in [0.05, 0.1) is 13.1 Å². The zero-order valence-electron chi connectivity index (χ0n) is 8.20. The van der Waals surface area contributed by atoms with E-state index in [1.54, 1.807) is 0 Å². The van der Waals surface area contributed by atoms with Crippen LogP contribution in [0.5, 0.6) is 0 Å². The van der Waals surface area contributed by atoms with Gasteiger partial charge in [-0.25, -0.2) is 0 Å². The predicted molar refractivity (Wildman–Crippen MR) is 48.2 cm³/mol. The zero-order chi connectivity index (χ0) is 10.6. The van der Waals surface area contributed by atoms with Crippen LogP contribution in [0.15, 0.2) is 0 Å². The number of carboxylic acid groups (broad SMARTS) is 1. The fraction of sp³-hybridized carbons (Fsp3) is 0.750. The van der Waals surface area contributed by atoms with Crippen LogP contribution in [0.25, 0.3) is 0 Å². The summed E-state index contributed by atoms with van der Waals surface area (Å²) in [5.41, 5.74) is 4.62. The molecular formula is C8H16N2O3. The van der Waals surface area contributed by atoms with Crippen molar-refractivity contribution in [3.8, 4) is 0 Å². The Morgan fingerprint density at radius 2 is 1.77 bits per heavy atom. The third-order valence-electron chi connectivity index (χ3n) is 1.62. The molecule has 0 bridgehead atoms. The summed E-state index contributed by atoms with van der Waals surface area (Å²) in [6.07, 6.45) is 0. The van der Waals surface area contributed by atoms with Crippen LogP contribution in [0, 0.1) is 0 Å². The summed E-state index contributed by atoms with van der Waals surface area (Å²) < 4.78 is 0. The van der Waals surface area contributed by atoms with Crippen molar-refractivity contribution in [2.24, 2.45) is 5.73 Å². The molecule has 0 rings (SSSR count). The molecule has 0 saturated carbocycles. The van der Waals surface area contributed by atoms with E-state index >= 15 is 0 Å². The van der Waals surface area contributed by atoms with Crippen LogP contribution in [0.1, 0.15) is 20.8 Å². The first-order valence-electron chi connectivity index (χ1n) is 3.98. The topological polar surface area (TPSA) is 83.6 Å². The van der Waals surface area contributed by atoms with Crippen molar-refractivity contribution >= 4 is 11.9 Å². The van der Waals surface area contributed by atoms with E-state index in [9.17, 15) is 9.59 Å². The van der Waals surface area contributed by atoms with Crippen LogP contribution in [0.3, 0.4) is 0 Å². The number of nitrogens with two attached hydrogens (primary N) is 1. The molecule has 0 aromatic carbocycles. The highest BCUT2D eigenvalue weighted by Gasteiger charge is 2.24. The summed E-state index contributed by atoms with van der Waals surface area (Å²) >= 11 is 0. The van der Waals surface area contributed by atoms with Crippen LogP contribution in [-0.2, 0) is 9.59 Å². The van der Waals surface area contributed by atoms with Crippen molar-refractivity contribution in [3.05, 3.63) is 0 Å². The summed E-state index contributed by atoms with van der Waals surface area (Å²) in [5, 5.41) is 8.57. The minimum Gasteiger partial charge on any atom is -0.480 e. The lowest BCUT2D eigenvalue weighted by molar-refractivity contribution is -0.140. The highest BCUT2D eigenvalue weighted by molar-refractivity contribution is 5.77. The lowest BCUT2D eigenvalue weighted by Crippen LogP contribution is -2.48. The summed E-state index contributed by atoms with van der Waals surface area (Å²) in [4.78, 5) is 22.6. The van der Waals surface area contributed by atoms with Gasteiger partial charge in [0.25, 0.3) is 0 Å². The molecule has 1 amide bonds. The first-order chi connectivity index (χ1) is 5.73. The minimum atomic E-state index is -0.962. The molecule has 76 valence electrons. The van der Waals surface area contributed by atoms with Gasteiger partial charge in [0.2, 0.25) is 5.91 Å². The van der Waals surface area contributed by atoms with Gasteiger partial charge in [0, 0.05) is 5.54 Å². The van der Waals surface area contributed by atoms with Gasteiger partial charge < -0.3 is 10.8 Å². The molecule has 0 unspecified atom stereocenters. The lowest BCUT2D eigenvalue weighted by atomic mass is 10.1. The predicted octanol–water partition coefficient (Wildman–Crippen LogP) is -0.343. The van der Waals surface area contributed by atoms with E-state index in [1.807, 2.05) is 20.8 Å². The van der Waals surface area contributed by atoms with Gasteiger partial charge in [-0.2, -0.15) is 0 Å². The van der Waals surface area contributed by atoms with Gasteiger partial charge in [0.15, 0.2) is 0 Å². The Bertz CT molecular complexity index is 192. The molecule has 0 saturated heterocycles. The third kappa shape index (κ3) is 5.19. The number of hydrogen-bond donors (Lipinski definition) is 2. The van der Waals surface area contributed by atoms with E-state index < -0.39 is 11.9 Å². The van der Waals surface area contributed by atoms with Crippen molar-refractivity contribution in [1.29, 1.82) is 0 Å². The second kappa shape index (κ2) is 4.23. The van der Waals surface area contributed by atoms with Crippen molar-refractivity contribution in [2.45, 2.75) is 26.3 Å². The van der Waals surface area contributed by atoms with Crippen molar-refractivity contribution in [3.63, 3.8) is 0 Å². The first kappa shape index (κ1) is 11.9. The molecule has 0 heterocycles. The van der Waals surface area contributed by atoms with E-state index in [0.717, 1.165) is 0 Å². The molecule has 3 N–H and O–H groups in total. The second-order valence-electron chi connectivity index (χ2n) is 3.89. The number of amides is 1. The minimum absolute atomic E-state index is 0.0319. The highest BCUT2D eigenvalue weighted by Crippen LogP contribution is 2.11. The normalized spacial score (nSPS) is 11.7. The van der Waals surface area contributed by atoms with E-state index in [0.29, 0.717) is 0 Å². The summed E-state index contributed by atoms with van der Waals surface area (Å²) in [7, 11) is 0. The quantitative estimate of drug-likeness (QED) is 0.632. The number of carbonyl (C=O) groups is 2. The van der Waals surface area contributed by atoms with Crippen molar-refractivity contribution < 1.29 is 14.7 Å². The molecular weight excluding hydrogens is 172 g/mol. The van der Waals surface area contributed by atoms with Crippen LogP contribution >= 0.6 is 0 Å². The Kier molecular flexibility index (Phi) is 3.87. The van der Waals surface area contributed by atoms with Crippen LogP contribution < -0.4 is 5.73 Å². The van der Waals surface area contributed by atoms with Gasteiger partial charge in [0.1, 0.15) is 0 Å². The summed E-state index contributed by atoms with van der Waals surface area (Å²) in [5.74, 6) is -1.48. The largest absolute Gasteiger partial charge is 0.480 e. The molecule has 0 aliphatic rings. The van der Waals surface area contributed by atoms with Crippen molar-refractivity contribution in [1.82, 2.24) is 4.90 Å². The molecule has 0 aliphatic carbocycles. The smallest absolute Gasteiger partial charge is 0.317 e. The number of carbonyl (C=O) groups excluding carboxylic acids is 1. The average molecular weight is 188 g/mol. The Labute approximate surface area is 77.5 Å². The molecule has 0 aliphatic heterocycles. The van der Waals surface area contributed by atoms with Crippen LogP contribution in [0.2, 0.25) is 0 Å². The Balaban J connectivity index is 4.37. The zero-order valence-corrected chi connectivity index (χ0v) is 8.20. The lowest BCUT2D eigenvalue weighted by Gasteiger charge is -2.33. The van der Waals surface area contributed by atoms with Gasteiger partial charge in [-0.05, 0) is 20.8 Å². The summed E-state index contributed by atoms with van der Waals surface area (Å²) in [6.45, 7) is 5.29. The first-order valence-corrected chi connectivity index (χ1v) is 3.98. The van der Waals surface area contributed by atoms with E-state index in [2.05, 4.69) is 0 Å². The van der Waals surface area contributed by atoms with Crippen LogP contribution in [-0.4, -0.2) is 40.5 Å². The fourth-order valence-corrected chi connectivity index (χ4v) is 0.882. The van der Waals surface area contributed by atoms with E-state index in [4.69, 9.17) is 10.8 Å². The molecule has 0 radical (unpaired) electrons. The van der Waals surface area contributed by atoms with E-state index in [1.165, 1.54) is 4.90 Å². The maximum Gasteiger partial charge on any atom is 0.317 e. The number of hydrogen-bond acceptors (Lipinski definition) is 3. The Morgan fingerprint density at radius 1 is 1.31 bits per heavy atom. The average Bonchev–Trinajstić information content (AvgIpc) is 1.81. The van der Waals surface area contributed by atoms with Gasteiger partial charge in [-0.3, -0.25) is 14.5 Å². The van der Waals surface area contributed by atoms with Crippen molar-refractivity contribution in [2.75, 3.05) is 13.1 Å². The second-order valence-corrected chi connectivity index (χ2v) is 3.89. The Morgan fingerprint density at radius 3 is 2.00 bits per heavy atom. The molecule has 0 aromatic heterocycles. The fourth-order valence-electron chi connectivity index (χ4n) is 0.882. The molecule has 0 spiro atoms. The molecule has 0 atom stereocenters. The van der Waals surface area contributed by atoms with Gasteiger partial charge in [-0.15, -0.1) is 0 Å². The molecule has 0 fully saturated rings. The van der Waals surface area contributed by atoms with E-state index in [-0.39, 0.29) is 18.6 Å². The maximum absolute atomic E-state index is 10.6. The third-order valence-corrected chi connectivity index (χ3v) is 1.62. The molecule has 0 aromatic rings. The number of aliphatic carboxylic acids is 1. The number of nitrogens with zero attached hydrogens (tertiary/aromatic N) is 1. The molecule has 13 heavy (non-hydrogen) atoms. The molecule has 5 nitrogen and oxygen atoms in total. The van der Waals surface area contributed by atoms with Crippen LogP contribution in [0.4, 0.5) is 0 Å². The standard InChI is InChI=1S/C8H16N2O3/c1-8(2,3)10(4-6(9)11)5-7(12)13/h4-5H2,1-3H3,(H2,9,11)(H,12,13). The van der Waals surface area contributed by atoms with Gasteiger partial charge >= 0.3 is 5.97 Å². The number of rotatable bonds is 4. The Hall–Kier alpha value is -1.10. The SMILES string of the molecule is CC(C)(C)N(CC(N)=O)CC(=O)O.